The largest absolute Gasteiger partial charge is 0.467 e. The molecule has 0 bridgehead atoms. The molecule has 1 aromatic heterocycles. The van der Waals surface area contributed by atoms with Crippen LogP contribution in [0.2, 0.25) is 0 Å². The molecule has 3 nitrogen and oxygen atoms in total. The van der Waals surface area contributed by atoms with E-state index >= 15 is 0 Å². The zero-order valence-corrected chi connectivity index (χ0v) is 10.6. The average Bonchev–Trinajstić information content (AvgIpc) is 2.89. The Labute approximate surface area is 101 Å². The van der Waals surface area contributed by atoms with E-state index in [0.29, 0.717) is 5.25 Å². The van der Waals surface area contributed by atoms with Gasteiger partial charge in [0.15, 0.2) is 5.17 Å². The van der Waals surface area contributed by atoms with Crippen molar-refractivity contribution in [1.82, 2.24) is 5.32 Å². The fraction of sp³-hybridized carbons (Fsp3) is 0.583. The number of hydrogen-bond acceptors (Lipinski definition) is 4. The minimum Gasteiger partial charge on any atom is -0.467 e. The molecule has 0 saturated heterocycles. The molecule has 0 radical (unpaired) electrons. The second-order valence-electron chi connectivity index (χ2n) is 4.06. The molecular weight excluding hydrogens is 220 g/mol. The Morgan fingerprint density at radius 3 is 3.25 bits per heavy atom. The van der Waals surface area contributed by atoms with Gasteiger partial charge in [-0.2, -0.15) is 0 Å². The summed E-state index contributed by atoms with van der Waals surface area (Å²) in [4.78, 5) is 4.51. The lowest BCUT2D eigenvalue weighted by Crippen LogP contribution is -2.23. The van der Waals surface area contributed by atoms with Crippen LogP contribution in [0.25, 0.3) is 0 Å². The predicted octanol–water partition coefficient (Wildman–Crippen LogP) is 3.20. The van der Waals surface area contributed by atoms with E-state index in [1.54, 1.807) is 6.26 Å². The van der Waals surface area contributed by atoms with E-state index in [1.807, 2.05) is 23.9 Å². The van der Waals surface area contributed by atoms with Gasteiger partial charge in [0.2, 0.25) is 0 Å². The van der Waals surface area contributed by atoms with Crippen molar-refractivity contribution in [2.75, 3.05) is 6.54 Å². The zero-order valence-electron chi connectivity index (χ0n) is 9.77. The normalized spacial score (nSPS) is 21.9. The second kappa shape index (κ2) is 5.43. The summed E-state index contributed by atoms with van der Waals surface area (Å²) in [5.41, 5.74) is 0. The molecule has 0 aliphatic carbocycles. The van der Waals surface area contributed by atoms with E-state index in [0.717, 1.165) is 17.5 Å². The van der Waals surface area contributed by atoms with Crippen LogP contribution in [0.1, 0.15) is 38.5 Å². The SMILES string of the molecule is CCCC1CN=C(NC(C)c2ccco2)S1. The Kier molecular flexibility index (Phi) is 3.93. The van der Waals surface area contributed by atoms with Gasteiger partial charge in [-0.15, -0.1) is 0 Å². The quantitative estimate of drug-likeness (QED) is 0.875. The second-order valence-corrected chi connectivity index (χ2v) is 5.34. The number of amidine groups is 1. The molecule has 0 amide bonds. The summed E-state index contributed by atoms with van der Waals surface area (Å²) in [5, 5.41) is 5.11. The van der Waals surface area contributed by atoms with Crippen LogP contribution in [0.15, 0.2) is 27.8 Å². The van der Waals surface area contributed by atoms with E-state index < -0.39 is 0 Å². The lowest BCUT2D eigenvalue weighted by Gasteiger charge is -2.12. The standard InChI is InChI=1S/C12H18N2OS/c1-3-5-10-8-13-12(16-10)14-9(2)11-6-4-7-15-11/h4,6-7,9-10H,3,5,8H2,1-2H3,(H,13,14). The van der Waals surface area contributed by atoms with Gasteiger partial charge in [-0.1, -0.05) is 25.1 Å². The fourth-order valence-electron chi connectivity index (χ4n) is 1.76. The molecule has 0 fully saturated rings. The highest BCUT2D eigenvalue weighted by Gasteiger charge is 2.20. The highest BCUT2D eigenvalue weighted by molar-refractivity contribution is 8.14. The lowest BCUT2D eigenvalue weighted by molar-refractivity contribution is 0.464. The van der Waals surface area contributed by atoms with E-state index in [2.05, 4.69) is 24.2 Å². The highest BCUT2D eigenvalue weighted by atomic mass is 32.2. The number of furan rings is 1. The van der Waals surface area contributed by atoms with Crippen LogP contribution < -0.4 is 5.32 Å². The minimum atomic E-state index is 0.196. The molecule has 2 rings (SSSR count). The summed E-state index contributed by atoms with van der Waals surface area (Å²) in [6.07, 6.45) is 4.18. The van der Waals surface area contributed by atoms with Gasteiger partial charge in [0.1, 0.15) is 5.76 Å². The van der Waals surface area contributed by atoms with Crippen molar-refractivity contribution in [3.05, 3.63) is 24.2 Å². The molecule has 16 heavy (non-hydrogen) atoms. The first-order valence-electron chi connectivity index (χ1n) is 5.80. The maximum atomic E-state index is 5.35. The fourth-order valence-corrected chi connectivity index (χ4v) is 2.98. The number of nitrogens with zero attached hydrogens (tertiary/aromatic N) is 1. The molecule has 88 valence electrons. The van der Waals surface area contributed by atoms with Crippen molar-refractivity contribution in [1.29, 1.82) is 0 Å². The van der Waals surface area contributed by atoms with Gasteiger partial charge < -0.3 is 9.73 Å². The smallest absolute Gasteiger partial charge is 0.157 e. The summed E-state index contributed by atoms with van der Waals surface area (Å²) in [6, 6.07) is 4.10. The summed E-state index contributed by atoms with van der Waals surface area (Å²) >= 11 is 1.86. The molecule has 1 aliphatic rings. The molecule has 0 aromatic carbocycles. The molecule has 1 aliphatic heterocycles. The summed E-state index contributed by atoms with van der Waals surface area (Å²) in [7, 11) is 0. The van der Waals surface area contributed by atoms with Gasteiger partial charge in [-0.3, -0.25) is 4.99 Å². The Morgan fingerprint density at radius 1 is 1.69 bits per heavy atom. The van der Waals surface area contributed by atoms with E-state index in [9.17, 15) is 0 Å². The zero-order chi connectivity index (χ0) is 11.4. The van der Waals surface area contributed by atoms with Crippen molar-refractivity contribution in [3.8, 4) is 0 Å². The van der Waals surface area contributed by atoms with Crippen LogP contribution >= 0.6 is 11.8 Å². The molecule has 1 N–H and O–H groups in total. The Hall–Kier alpha value is -0.900. The molecular formula is C12H18N2OS. The van der Waals surface area contributed by atoms with Crippen LogP contribution in [0.3, 0.4) is 0 Å². The van der Waals surface area contributed by atoms with Crippen molar-refractivity contribution in [2.24, 2.45) is 4.99 Å². The van der Waals surface area contributed by atoms with Crippen molar-refractivity contribution in [2.45, 2.75) is 38.0 Å². The third kappa shape index (κ3) is 2.82. The van der Waals surface area contributed by atoms with Crippen LogP contribution in [0, 0.1) is 0 Å². The van der Waals surface area contributed by atoms with E-state index in [-0.39, 0.29) is 6.04 Å². The van der Waals surface area contributed by atoms with Crippen molar-refractivity contribution in [3.63, 3.8) is 0 Å². The molecule has 4 heteroatoms. The third-order valence-electron chi connectivity index (χ3n) is 2.64. The van der Waals surface area contributed by atoms with Crippen LogP contribution in [0.4, 0.5) is 0 Å². The van der Waals surface area contributed by atoms with Gasteiger partial charge in [0, 0.05) is 5.25 Å². The van der Waals surface area contributed by atoms with E-state index in [4.69, 9.17) is 4.42 Å². The Morgan fingerprint density at radius 2 is 2.56 bits per heavy atom. The molecule has 2 atom stereocenters. The number of rotatable bonds is 4. The molecule has 2 unspecified atom stereocenters. The monoisotopic (exact) mass is 238 g/mol. The first kappa shape index (κ1) is 11.6. The Bertz CT molecular complexity index is 348. The molecule has 0 saturated carbocycles. The summed E-state index contributed by atoms with van der Waals surface area (Å²) in [6.45, 7) is 5.26. The number of thioether (sulfide) groups is 1. The topological polar surface area (TPSA) is 37.5 Å². The van der Waals surface area contributed by atoms with Crippen LogP contribution in [-0.4, -0.2) is 17.0 Å². The van der Waals surface area contributed by atoms with Crippen molar-refractivity contribution >= 4 is 16.9 Å². The minimum absolute atomic E-state index is 0.196. The van der Waals surface area contributed by atoms with Crippen LogP contribution in [-0.2, 0) is 0 Å². The first-order valence-corrected chi connectivity index (χ1v) is 6.68. The Balaban J connectivity index is 1.83. The maximum Gasteiger partial charge on any atom is 0.157 e. The van der Waals surface area contributed by atoms with Gasteiger partial charge in [-0.25, -0.2) is 0 Å². The highest BCUT2D eigenvalue weighted by Crippen LogP contribution is 2.25. The predicted molar refractivity (Wildman–Crippen MR) is 68.8 cm³/mol. The van der Waals surface area contributed by atoms with Crippen LogP contribution in [0.5, 0.6) is 0 Å². The van der Waals surface area contributed by atoms with Gasteiger partial charge in [0.25, 0.3) is 0 Å². The lowest BCUT2D eigenvalue weighted by atomic mass is 10.2. The maximum absolute atomic E-state index is 5.35. The van der Waals surface area contributed by atoms with Crippen molar-refractivity contribution < 1.29 is 4.42 Å². The van der Waals surface area contributed by atoms with Gasteiger partial charge in [0.05, 0.1) is 18.8 Å². The molecule has 2 heterocycles. The third-order valence-corrected chi connectivity index (χ3v) is 3.83. The molecule has 0 spiro atoms. The average molecular weight is 238 g/mol. The van der Waals surface area contributed by atoms with Gasteiger partial charge in [-0.05, 0) is 25.5 Å². The summed E-state index contributed by atoms with van der Waals surface area (Å²) in [5.74, 6) is 0.960. The van der Waals surface area contributed by atoms with E-state index in [1.165, 1.54) is 12.8 Å². The number of nitrogens with one attached hydrogen (secondary N) is 1. The van der Waals surface area contributed by atoms with Gasteiger partial charge >= 0.3 is 0 Å². The number of hydrogen-bond donors (Lipinski definition) is 1. The molecule has 1 aromatic rings. The first-order chi connectivity index (χ1) is 7.79. The summed E-state index contributed by atoms with van der Waals surface area (Å²) < 4.78 is 5.35. The number of aliphatic imine (C=N–C) groups is 1.